The third-order valence-corrected chi connectivity index (χ3v) is 2.88. The number of carbonyl (C=O) groups is 1. The number of ether oxygens (including phenoxy) is 1. The van der Waals surface area contributed by atoms with E-state index < -0.39 is 6.61 Å². The Morgan fingerprint density at radius 1 is 1.19 bits per heavy atom. The first-order valence-corrected chi connectivity index (χ1v) is 6.38. The fourth-order valence-corrected chi connectivity index (χ4v) is 1.82. The van der Waals surface area contributed by atoms with Crippen LogP contribution < -0.4 is 10.1 Å². The highest BCUT2D eigenvalue weighted by Gasteiger charge is 2.14. The quantitative estimate of drug-likeness (QED) is 0.915. The summed E-state index contributed by atoms with van der Waals surface area (Å²) >= 11 is 0. The zero-order valence-electron chi connectivity index (χ0n) is 11.6. The number of halogens is 2. The average molecular weight is 295 g/mol. The number of rotatable bonds is 5. The number of carbonyl (C=O) groups excluding carboxylic acids is 1. The van der Waals surface area contributed by atoms with Crippen LogP contribution in [0.15, 0.2) is 40.8 Å². The van der Waals surface area contributed by atoms with Gasteiger partial charge in [-0.1, -0.05) is 0 Å². The van der Waals surface area contributed by atoms with Crippen LogP contribution in [0, 0.1) is 6.92 Å². The van der Waals surface area contributed by atoms with E-state index in [2.05, 4.69) is 10.1 Å². The van der Waals surface area contributed by atoms with Crippen LogP contribution in [-0.4, -0.2) is 12.5 Å². The zero-order valence-corrected chi connectivity index (χ0v) is 11.6. The van der Waals surface area contributed by atoms with Crippen LogP contribution in [0.5, 0.6) is 5.75 Å². The molecule has 21 heavy (non-hydrogen) atoms. The van der Waals surface area contributed by atoms with Gasteiger partial charge >= 0.3 is 6.61 Å². The van der Waals surface area contributed by atoms with Gasteiger partial charge in [0, 0.05) is 5.56 Å². The molecule has 1 amide bonds. The Hall–Kier alpha value is -2.37. The molecular formula is C15H15F2NO3. The van der Waals surface area contributed by atoms with Crippen molar-refractivity contribution < 1.29 is 22.7 Å². The van der Waals surface area contributed by atoms with Gasteiger partial charge < -0.3 is 14.5 Å². The van der Waals surface area contributed by atoms with E-state index in [1.165, 1.54) is 24.3 Å². The molecule has 0 radical (unpaired) electrons. The maximum Gasteiger partial charge on any atom is 0.387 e. The van der Waals surface area contributed by atoms with Gasteiger partial charge in [0.1, 0.15) is 17.3 Å². The van der Waals surface area contributed by atoms with Crippen molar-refractivity contribution in [1.29, 1.82) is 0 Å². The highest BCUT2D eigenvalue weighted by Crippen LogP contribution is 2.18. The second-order valence-corrected chi connectivity index (χ2v) is 4.55. The van der Waals surface area contributed by atoms with E-state index in [9.17, 15) is 13.6 Å². The summed E-state index contributed by atoms with van der Waals surface area (Å²) in [7, 11) is 0. The third-order valence-electron chi connectivity index (χ3n) is 2.88. The molecule has 112 valence electrons. The monoisotopic (exact) mass is 295 g/mol. The van der Waals surface area contributed by atoms with E-state index in [0.29, 0.717) is 11.3 Å². The Morgan fingerprint density at radius 2 is 1.86 bits per heavy atom. The fraction of sp³-hybridized carbons (Fsp3) is 0.267. The average Bonchev–Trinajstić information content (AvgIpc) is 2.85. The van der Waals surface area contributed by atoms with Crippen molar-refractivity contribution in [2.75, 3.05) is 0 Å². The van der Waals surface area contributed by atoms with E-state index >= 15 is 0 Å². The van der Waals surface area contributed by atoms with Crippen molar-refractivity contribution in [1.82, 2.24) is 5.32 Å². The fourth-order valence-electron chi connectivity index (χ4n) is 1.82. The Balaban J connectivity index is 1.99. The first-order valence-electron chi connectivity index (χ1n) is 6.38. The smallest absolute Gasteiger partial charge is 0.387 e. The van der Waals surface area contributed by atoms with Crippen molar-refractivity contribution in [2.24, 2.45) is 0 Å². The van der Waals surface area contributed by atoms with Crippen molar-refractivity contribution >= 4 is 5.91 Å². The Labute approximate surface area is 120 Å². The van der Waals surface area contributed by atoms with Gasteiger partial charge in [-0.15, -0.1) is 0 Å². The molecule has 1 unspecified atom stereocenters. The van der Waals surface area contributed by atoms with E-state index in [1.807, 2.05) is 13.0 Å². The lowest BCUT2D eigenvalue weighted by molar-refractivity contribution is -0.0498. The highest BCUT2D eigenvalue weighted by molar-refractivity contribution is 5.94. The third kappa shape index (κ3) is 4.05. The number of furan rings is 1. The predicted octanol–water partition coefficient (Wildman–Crippen LogP) is 3.68. The lowest BCUT2D eigenvalue weighted by atomic mass is 10.2. The number of hydrogen-bond acceptors (Lipinski definition) is 3. The van der Waals surface area contributed by atoms with Crippen molar-refractivity contribution in [2.45, 2.75) is 26.5 Å². The molecular weight excluding hydrogens is 280 g/mol. The lowest BCUT2D eigenvalue weighted by Crippen LogP contribution is -2.26. The number of alkyl halides is 2. The first-order chi connectivity index (χ1) is 9.95. The van der Waals surface area contributed by atoms with Gasteiger partial charge in [0.15, 0.2) is 0 Å². The molecule has 0 aliphatic heterocycles. The zero-order chi connectivity index (χ0) is 15.4. The van der Waals surface area contributed by atoms with Gasteiger partial charge in [0.05, 0.1) is 6.04 Å². The first kappa shape index (κ1) is 15.0. The highest BCUT2D eigenvalue weighted by atomic mass is 19.3. The Kier molecular flexibility index (Phi) is 4.57. The summed E-state index contributed by atoms with van der Waals surface area (Å²) in [5.41, 5.74) is 0.353. The number of hydrogen-bond donors (Lipinski definition) is 1. The SMILES string of the molecule is Cc1ccc(C(C)NC(=O)c2ccc(OC(F)F)cc2)o1. The minimum absolute atomic E-state index is 0.0104. The van der Waals surface area contributed by atoms with Gasteiger partial charge in [-0.3, -0.25) is 4.79 Å². The minimum atomic E-state index is -2.88. The largest absolute Gasteiger partial charge is 0.464 e. The van der Waals surface area contributed by atoms with Crippen LogP contribution in [0.1, 0.15) is 34.8 Å². The van der Waals surface area contributed by atoms with Gasteiger partial charge in [-0.2, -0.15) is 8.78 Å². The van der Waals surface area contributed by atoms with Crippen LogP contribution in [0.3, 0.4) is 0 Å². The molecule has 1 aromatic carbocycles. The van der Waals surface area contributed by atoms with E-state index in [1.54, 1.807) is 13.0 Å². The summed E-state index contributed by atoms with van der Waals surface area (Å²) in [5.74, 6) is 1.11. The van der Waals surface area contributed by atoms with Crippen molar-refractivity contribution in [3.63, 3.8) is 0 Å². The second-order valence-electron chi connectivity index (χ2n) is 4.55. The van der Waals surface area contributed by atoms with Gasteiger partial charge in [-0.05, 0) is 50.2 Å². The summed E-state index contributed by atoms with van der Waals surface area (Å²) in [6.07, 6.45) is 0. The summed E-state index contributed by atoms with van der Waals surface area (Å²) in [6.45, 7) is 0.733. The predicted molar refractivity (Wildman–Crippen MR) is 72.4 cm³/mol. The van der Waals surface area contributed by atoms with Crippen molar-refractivity contribution in [3.05, 3.63) is 53.5 Å². The second kappa shape index (κ2) is 6.39. The van der Waals surface area contributed by atoms with Crippen LogP contribution in [0.4, 0.5) is 8.78 Å². The van der Waals surface area contributed by atoms with Gasteiger partial charge in [0.2, 0.25) is 0 Å². The maximum absolute atomic E-state index is 12.0. The molecule has 0 aliphatic rings. The molecule has 0 aliphatic carbocycles. The van der Waals surface area contributed by atoms with Gasteiger partial charge in [0.25, 0.3) is 5.91 Å². The molecule has 1 atom stereocenters. The molecule has 1 aromatic heterocycles. The molecule has 6 heteroatoms. The molecule has 0 fully saturated rings. The van der Waals surface area contributed by atoms with E-state index in [-0.39, 0.29) is 17.7 Å². The topological polar surface area (TPSA) is 51.5 Å². The van der Waals surface area contributed by atoms with Gasteiger partial charge in [-0.25, -0.2) is 0 Å². The van der Waals surface area contributed by atoms with Crippen LogP contribution >= 0.6 is 0 Å². The summed E-state index contributed by atoms with van der Waals surface area (Å²) in [5, 5.41) is 2.76. The molecule has 1 N–H and O–H groups in total. The molecule has 0 saturated heterocycles. The number of benzene rings is 1. The molecule has 0 bridgehead atoms. The maximum atomic E-state index is 12.0. The number of aryl methyl sites for hydroxylation is 1. The van der Waals surface area contributed by atoms with Crippen LogP contribution in [-0.2, 0) is 0 Å². The molecule has 0 spiro atoms. The Bertz CT molecular complexity index is 608. The molecule has 2 aromatic rings. The lowest BCUT2D eigenvalue weighted by Gasteiger charge is -2.12. The number of amides is 1. The molecule has 1 heterocycles. The van der Waals surface area contributed by atoms with E-state index in [4.69, 9.17) is 4.42 Å². The normalized spacial score (nSPS) is 12.2. The Morgan fingerprint density at radius 3 is 2.38 bits per heavy atom. The van der Waals surface area contributed by atoms with Crippen LogP contribution in [0.25, 0.3) is 0 Å². The molecule has 4 nitrogen and oxygen atoms in total. The number of nitrogens with one attached hydrogen (secondary N) is 1. The summed E-state index contributed by atoms with van der Waals surface area (Å²) in [6, 6.07) is 8.81. The van der Waals surface area contributed by atoms with Crippen LogP contribution in [0.2, 0.25) is 0 Å². The minimum Gasteiger partial charge on any atom is -0.464 e. The van der Waals surface area contributed by atoms with Crippen molar-refractivity contribution in [3.8, 4) is 5.75 Å². The molecule has 2 rings (SSSR count). The summed E-state index contributed by atoms with van der Waals surface area (Å²) in [4.78, 5) is 12.0. The summed E-state index contributed by atoms with van der Waals surface area (Å²) < 4.78 is 33.7. The van der Waals surface area contributed by atoms with E-state index in [0.717, 1.165) is 5.76 Å². The molecule has 0 saturated carbocycles. The standard InChI is InChI=1S/C15H15F2NO3/c1-9-3-8-13(20-9)10(2)18-14(19)11-4-6-12(7-5-11)21-15(16)17/h3-8,10,15H,1-2H3,(H,18,19).